The molecule has 0 aliphatic carbocycles. The SMILES string of the molecule is CN1CC(CC(=O)O)N(Cc2ccco2)CC1(C)C. The molecule has 0 saturated carbocycles. The van der Waals surface area contributed by atoms with Gasteiger partial charge in [0.2, 0.25) is 0 Å². The molecule has 5 nitrogen and oxygen atoms in total. The van der Waals surface area contributed by atoms with Crippen molar-refractivity contribution >= 4 is 5.97 Å². The van der Waals surface area contributed by atoms with E-state index in [-0.39, 0.29) is 18.0 Å². The molecule has 1 aromatic heterocycles. The fourth-order valence-electron chi connectivity index (χ4n) is 2.61. The number of carboxylic acid groups (broad SMARTS) is 1. The van der Waals surface area contributed by atoms with Gasteiger partial charge in [0.25, 0.3) is 0 Å². The summed E-state index contributed by atoms with van der Waals surface area (Å²) in [5, 5.41) is 9.06. The Morgan fingerprint density at radius 1 is 1.58 bits per heavy atom. The van der Waals surface area contributed by atoms with Crippen molar-refractivity contribution in [3.05, 3.63) is 24.2 Å². The van der Waals surface area contributed by atoms with Crippen molar-refractivity contribution in [2.24, 2.45) is 0 Å². The number of hydrogen-bond acceptors (Lipinski definition) is 4. The number of carboxylic acids is 1. The van der Waals surface area contributed by atoms with Gasteiger partial charge in [0.05, 0.1) is 19.2 Å². The highest BCUT2D eigenvalue weighted by Crippen LogP contribution is 2.26. The highest BCUT2D eigenvalue weighted by molar-refractivity contribution is 5.67. The summed E-state index contributed by atoms with van der Waals surface area (Å²) in [5.41, 5.74) is 0.0433. The Morgan fingerprint density at radius 3 is 2.89 bits per heavy atom. The summed E-state index contributed by atoms with van der Waals surface area (Å²) in [7, 11) is 2.05. The molecule has 1 fully saturated rings. The highest BCUT2D eigenvalue weighted by Gasteiger charge is 2.37. The molecule has 1 unspecified atom stereocenters. The standard InChI is InChI=1S/C14H22N2O3/c1-14(2)10-16(9-12-5-4-6-19-12)11(7-13(17)18)8-15(14)3/h4-6,11H,7-10H2,1-3H3,(H,17,18). The van der Waals surface area contributed by atoms with Crippen LogP contribution in [0, 0.1) is 0 Å². The monoisotopic (exact) mass is 266 g/mol. The zero-order chi connectivity index (χ0) is 14.0. The number of furan rings is 1. The lowest BCUT2D eigenvalue weighted by molar-refractivity contribution is -0.140. The van der Waals surface area contributed by atoms with E-state index in [1.54, 1.807) is 6.26 Å². The van der Waals surface area contributed by atoms with Crippen molar-refractivity contribution in [3.8, 4) is 0 Å². The fraction of sp³-hybridized carbons (Fsp3) is 0.643. The van der Waals surface area contributed by atoms with Gasteiger partial charge in [-0.3, -0.25) is 14.6 Å². The number of likely N-dealkylation sites (N-methyl/N-ethyl adjacent to an activating group) is 1. The summed E-state index contributed by atoms with van der Waals surface area (Å²) in [6, 6.07) is 3.83. The molecule has 5 heteroatoms. The first kappa shape index (κ1) is 14.1. The second-order valence-corrected chi connectivity index (χ2v) is 5.93. The van der Waals surface area contributed by atoms with Gasteiger partial charge in [0.15, 0.2) is 0 Å². The third kappa shape index (κ3) is 3.36. The molecule has 19 heavy (non-hydrogen) atoms. The molecule has 2 heterocycles. The highest BCUT2D eigenvalue weighted by atomic mass is 16.4. The van der Waals surface area contributed by atoms with Gasteiger partial charge in [-0.2, -0.15) is 0 Å². The van der Waals surface area contributed by atoms with Crippen LogP contribution in [-0.4, -0.2) is 52.6 Å². The first-order chi connectivity index (χ1) is 8.88. The van der Waals surface area contributed by atoms with Crippen LogP contribution in [0.1, 0.15) is 26.0 Å². The fourth-order valence-corrected chi connectivity index (χ4v) is 2.61. The van der Waals surface area contributed by atoms with Crippen LogP contribution in [0.3, 0.4) is 0 Å². The zero-order valence-electron chi connectivity index (χ0n) is 11.8. The largest absolute Gasteiger partial charge is 0.481 e. The maximum atomic E-state index is 11.0. The number of nitrogens with zero attached hydrogens (tertiary/aromatic N) is 2. The molecule has 1 aliphatic rings. The summed E-state index contributed by atoms with van der Waals surface area (Å²) in [4.78, 5) is 15.5. The van der Waals surface area contributed by atoms with Gasteiger partial charge in [-0.1, -0.05) is 0 Å². The van der Waals surface area contributed by atoms with E-state index in [2.05, 4.69) is 30.7 Å². The maximum Gasteiger partial charge on any atom is 0.304 e. The van der Waals surface area contributed by atoms with Crippen LogP contribution in [0.2, 0.25) is 0 Å². The van der Waals surface area contributed by atoms with Crippen molar-refractivity contribution in [1.29, 1.82) is 0 Å². The van der Waals surface area contributed by atoms with Crippen molar-refractivity contribution in [2.75, 3.05) is 20.1 Å². The van der Waals surface area contributed by atoms with E-state index in [4.69, 9.17) is 9.52 Å². The van der Waals surface area contributed by atoms with Crippen molar-refractivity contribution in [3.63, 3.8) is 0 Å². The van der Waals surface area contributed by atoms with E-state index >= 15 is 0 Å². The average Bonchev–Trinajstić information content (AvgIpc) is 2.77. The molecule has 1 aromatic rings. The zero-order valence-corrected chi connectivity index (χ0v) is 11.8. The molecule has 0 amide bonds. The predicted octanol–water partition coefficient (Wildman–Crippen LogP) is 1.65. The first-order valence-corrected chi connectivity index (χ1v) is 6.58. The minimum absolute atomic E-state index is 0.0284. The number of rotatable bonds is 4. The van der Waals surface area contributed by atoms with Gasteiger partial charge in [-0.25, -0.2) is 0 Å². The minimum atomic E-state index is -0.748. The predicted molar refractivity (Wildman–Crippen MR) is 71.9 cm³/mol. The molecule has 1 atom stereocenters. The molecule has 0 radical (unpaired) electrons. The number of hydrogen-bond donors (Lipinski definition) is 1. The van der Waals surface area contributed by atoms with Crippen LogP contribution in [-0.2, 0) is 11.3 Å². The van der Waals surface area contributed by atoms with Gasteiger partial charge in [-0.05, 0) is 33.0 Å². The molecule has 0 aromatic carbocycles. The molecule has 1 aliphatic heterocycles. The van der Waals surface area contributed by atoms with Crippen LogP contribution in [0.15, 0.2) is 22.8 Å². The number of aliphatic carboxylic acids is 1. The van der Waals surface area contributed by atoms with Gasteiger partial charge < -0.3 is 9.52 Å². The summed E-state index contributed by atoms with van der Waals surface area (Å²) in [5.74, 6) is 0.137. The van der Waals surface area contributed by atoms with Gasteiger partial charge >= 0.3 is 5.97 Å². The quantitative estimate of drug-likeness (QED) is 0.898. The van der Waals surface area contributed by atoms with Crippen LogP contribution >= 0.6 is 0 Å². The molecule has 1 saturated heterocycles. The van der Waals surface area contributed by atoms with E-state index in [9.17, 15) is 4.79 Å². The molecule has 0 spiro atoms. The number of piperazine rings is 1. The van der Waals surface area contributed by atoms with Gasteiger partial charge in [-0.15, -0.1) is 0 Å². The van der Waals surface area contributed by atoms with Gasteiger partial charge in [0.1, 0.15) is 5.76 Å². The van der Waals surface area contributed by atoms with Crippen LogP contribution in [0.25, 0.3) is 0 Å². The smallest absolute Gasteiger partial charge is 0.304 e. The van der Waals surface area contributed by atoms with Crippen molar-refractivity contribution < 1.29 is 14.3 Å². The second kappa shape index (κ2) is 5.35. The van der Waals surface area contributed by atoms with Crippen molar-refractivity contribution in [2.45, 2.75) is 38.4 Å². The number of carbonyl (C=O) groups is 1. The normalized spacial score (nSPS) is 24.5. The van der Waals surface area contributed by atoms with E-state index in [0.29, 0.717) is 6.54 Å². The van der Waals surface area contributed by atoms with Crippen LogP contribution in [0.5, 0.6) is 0 Å². The Bertz CT molecular complexity index is 428. The molecule has 106 valence electrons. The van der Waals surface area contributed by atoms with Crippen LogP contribution < -0.4 is 0 Å². The molecular weight excluding hydrogens is 244 g/mol. The lowest BCUT2D eigenvalue weighted by Crippen LogP contribution is -2.61. The van der Waals surface area contributed by atoms with Gasteiger partial charge in [0, 0.05) is 24.7 Å². The van der Waals surface area contributed by atoms with E-state index in [1.165, 1.54) is 0 Å². The summed E-state index contributed by atoms with van der Waals surface area (Å²) < 4.78 is 5.38. The van der Waals surface area contributed by atoms with Crippen molar-refractivity contribution in [1.82, 2.24) is 9.80 Å². The average molecular weight is 266 g/mol. The topological polar surface area (TPSA) is 56.9 Å². The first-order valence-electron chi connectivity index (χ1n) is 6.58. The van der Waals surface area contributed by atoms with E-state index < -0.39 is 5.97 Å². The van der Waals surface area contributed by atoms with Crippen LogP contribution in [0.4, 0.5) is 0 Å². The minimum Gasteiger partial charge on any atom is -0.481 e. The second-order valence-electron chi connectivity index (χ2n) is 5.93. The summed E-state index contributed by atoms with van der Waals surface area (Å²) in [6.07, 6.45) is 1.82. The third-order valence-electron chi connectivity index (χ3n) is 3.97. The lowest BCUT2D eigenvalue weighted by atomic mass is 9.95. The third-order valence-corrected chi connectivity index (χ3v) is 3.97. The molecule has 0 bridgehead atoms. The Hall–Kier alpha value is -1.33. The Labute approximate surface area is 113 Å². The summed E-state index contributed by atoms with van der Waals surface area (Å²) >= 11 is 0. The Balaban J connectivity index is 2.12. The molecule has 2 rings (SSSR count). The Morgan fingerprint density at radius 2 is 2.32 bits per heavy atom. The molecule has 1 N–H and O–H groups in total. The summed E-state index contributed by atoms with van der Waals surface area (Å²) in [6.45, 7) is 6.63. The lowest BCUT2D eigenvalue weighted by Gasteiger charge is -2.49. The maximum absolute atomic E-state index is 11.0. The molecular formula is C14H22N2O3. The van der Waals surface area contributed by atoms with E-state index in [0.717, 1.165) is 18.8 Å². The van der Waals surface area contributed by atoms with E-state index in [1.807, 2.05) is 12.1 Å². The Kier molecular flexibility index (Phi) is 3.96.